The lowest BCUT2D eigenvalue weighted by atomic mass is 10.1. The highest BCUT2D eigenvalue weighted by Crippen LogP contribution is 2.11. The van der Waals surface area contributed by atoms with Gasteiger partial charge in [0.1, 0.15) is 5.82 Å². The zero-order valence-electron chi connectivity index (χ0n) is 10.1. The van der Waals surface area contributed by atoms with Crippen LogP contribution in [0.5, 0.6) is 0 Å². The molecule has 2 N–H and O–H groups in total. The fourth-order valence-corrected chi connectivity index (χ4v) is 1.76. The Morgan fingerprint density at radius 2 is 1.67 bits per heavy atom. The number of benzene rings is 2. The van der Waals surface area contributed by atoms with Crippen molar-refractivity contribution >= 4 is 12.2 Å². The van der Waals surface area contributed by atoms with Crippen molar-refractivity contribution in [3.63, 3.8) is 0 Å². The first kappa shape index (κ1) is 12.5. The second kappa shape index (κ2) is 6.12. The van der Waals surface area contributed by atoms with Gasteiger partial charge in [-0.2, -0.15) is 0 Å². The molecule has 2 rings (SSSR count). The van der Waals surface area contributed by atoms with Crippen LogP contribution in [-0.2, 0) is 6.42 Å². The van der Waals surface area contributed by atoms with Gasteiger partial charge in [-0.25, -0.2) is 4.39 Å². The van der Waals surface area contributed by atoms with Gasteiger partial charge in [0.15, 0.2) is 0 Å². The van der Waals surface area contributed by atoms with Crippen molar-refractivity contribution in [3.05, 3.63) is 71.0 Å². The Bertz CT molecular complexity index is 529. The molecule has 1 nitrogen and oxygen atoms in total. The highest BCUT2D eigenvalue weighted by molar-refractivity contribution is 5.69. The van der Waals surface area contributed by atoms with E-state index >= 15 is 0 Å². The van der Waals surface area contributed by atoms with Crippen molar-refractivity contribution in [2.24, 2.45) is 5.73 Å². The van der Waals surface area contributed by atoms with E-state index in [1.807, 2.05) is 30.4 Å². The van der Waals surface area contributed by atoms with Crippen LogP contribution in [0.15, 0.2) is 48.5 Å². The van der Waals surface area contributed by atoms with Crippen molar-refractivity contribution in [3.8, 4) is 0 Å². The Balaban J connectivity index is 2.09. The van der Waals surface area contributed by atoms with Crippen molar-refractivity contribution < 1.29 is 4.39 Å². The molecule has 0 unspecified atom stereocenters. The summed E-state index contributed by atoms with van der Waals surface area (Å²) in [6.45, 7) is 0.665. The molecule has 0 aliphatic carbocycles. The molecular weight excluding hydrogens is 225 g/mol. The van der Waals surface area contributed by atoms with E-state index < -0.39 is 0 Å². The van der Waals surface area contributed by atoms with E-state index in [0.29, 0.717) is 6.54 Å². The summed E-state index contributed by atoms with van der Waals surface area (Å²) in [5, 5.41) is 0. The lowest BCUT2D eigenvalue weighted by Gasteiger charge is -1.99. The Labute approximate surface area is 107 Å². The second-order valence-electron chi connectivity index (χ2n) is 4.17. The van der Waals surface area contributed by atoms with E-state index in [9.17, 15) is 4.39 Å². The smallest absolute Gasteiger partial charge is 0.123 e. The zero-order valence-corrected chi connectivity index (χ0v) is 10.1. The van der Waals surface area contributed by atoms with Crippen LogP contribution in [0.4, 0.5) is 4.39 Å². The average Bonchev–Trinajstić information content (AvgIpc) is 2.38. The predicted molar refractivity (Wildman–Crippen MR) is 74.5 cm³/mol. The lowest BCUT2D eigenvalue weighted by Crippen LogP contribution is -2.02. The molecular formula is C16H16FN. The number of hydrogen-bond acceptors (Lipinski definition) is 1. The molecule has 0 spiro atoms. The quantitative estimate of drug-likeness (QED) is 0.815. The monoisotopic (exact) mass is 241 g/mol. The maximum atomic E-state index is 13.0. The van der Waals surface area contributed by atoms with E-state index in [2.05, 4.69) is 12.1 Å². The maximum Gasteiger partial charge on any atom is 0.123 e. The van der Waals surface area contributed by atoms with Gasteiger partial charge in [0.25, 0.3) is 0 Å². The van der Waals surface area contributed by atoms with Gasteiger partial charge in [0.2, 0.25) is 0 Å². The molecule has 2 aromatic rings. The van der Waals surface area contributed by atoms with Gasteiger partial charge in [0.05, 0.1) is 0 Å². The molecule has 0 heterocycles. The third-order valence-corrected chi connectivity index (χ3v) is 2.73. The van der Waals surface area contributed by atoms with Crippen LogP contribution in [0, 0.1) is 5.82 Å². The molecule has 0 aromatic heterocycles. The van der Waals surface area contributed by atoms with Crippen LogP contribution in [0.25, 0.3) is 12.2 Å². The molecule has 0 saturated carbocycles. The molecule has 18 heavy (non-hydrogen) atoms. The van der Waals surface area contributed by atoms with Gasteiger partial charge in [0, 0.05) is 0 Å². The van der Waals surface area contributed by atoms with Gasteiger partial charge in [-0.1, -0.05) is 48.6 Å². The third-order valence-electron chi connectivity index (χ3n) is 2.73. The number of halogens is 1. The highest BCUT2D eigenvalue weighted by Gasteiger charge is 1.93. The summed E-state index contributed by atoms with van der Waals surface area (Å²) in [6, 6.07) is 14.8. The number of hydrogen-bond donors (Lipinski definition) is 1. The first-order chi connectivity index (χ1) is 8.78. The van der Waals surface area contributed by atoms with Gasteiger partial charge < -0.3 is 5.73 Å². The van der Waals surface area contributed by atoms with Gasteiger partial charge in [-0.05, 0) is 41.8 Å². The maximum absolute atomic E-state index is 13.0. The van der Waals surface area contributed by atoms with E-state index in [1.165, 1.54) is 17.7 Å². The minimum Gasteiger partial charge on any atom is -0.330 e. The van der Waals surface area contributed by atoms with Gasteiger partial charge >= 0.3 is 0 Å². The summed E-state index contributed by atoms with van der Waals surface area (Å²) >= 11 is 0. The molecule has 2 heteroatoms. The molecule has 0 fully saturated rings. The summed E-state index contributed by atoms with van der Waals surface area (Å²) in [4.78, 5) is 0. The van der Waals surface area contributed by atoms with Crippen LogP contribution >= 0.6 is 0 Å². The second-order valence-corrected chi connectivity index (χ2v) is 4.17. The van der Waals surface area contributed by atoms with Crippen LogP contribution in [0.2, 0.25) is 0 Å². The molecule has 0 saturated heterocycles. The average molecular weight is 241 g/mol. The minimum atomic E-state index is -0.213. The molecule has 0 radical (unpaired) electrons. The fraction of sp³-hybridized carbons (Fsp3) is 0.125. The fourth-order valence-electron chi connectivity index (χ4n) is 1.76. The normalized spacial score (nSPS) is 11.0. The number of rotatable bonds is 4. The molecule has 0 amide bonds. The van der Waals surface area contributed by atoms with Crippen LogP contribution in [0.3, 0.4) is 0 Å². The van der Waals surface area contributed by atoms with Crippen molar-refractivity contribution in [1.82, 2.24) is 0 Å². The summed E-state index contributed by atoms with van der Waals surface area (Å²) in [7, 11) is 0. The predicted octanol–water partition coefficient (Wildman–Crippen LogP) is 3.50. The Morgan fingerprint density at radius 1 is 0.944 bits per heavy atom. The zero-order chi connectivity index (χ0) is 12.8. The Morgan fingerprint density at radius 3 is 2.33 bits per heavy atom. The Hall–Kier alpha value is -1.93. The minimum absolute atomic E-state index is 0.213. The summed E-state index contributed by atoms with van der Waals surface area (Å²) in [6.07, 6.45) is 4.77. The summed E-state index contributed by atoms with van der Waals surface area (Å²) in [5.74, 6) is -0.213. The van der Waals surface area contributed by atoms with E-state index in [1.54, 1.807) is 6.07 Å². The molecule has 0 atom stereocenters. The van der Waals surface area contributed by atoms with Crippen molar-refractivity contribution in [2.45, 2.75) is 6.42 Å². The summed E-state index contributed by atoms with van der Waals surface area (Å²) in [5.41, 5.74) is 8.69. The third kappa shape index (κ3) is 3.54. The van der Waals surface area contributed by atoms with Gasteiger partial charge in [-0.15, -0.1) is 0 Å². The van der Waals surface area contributed by atoms with E-state index in [-0.39, 0.29) is 5.82 Å². The number of nitrogens with two attached hydrogens (primary N) is 1. The SMILES string of the molecule is NCCc1ccc(/C=C/c2cccc(F)c2)cc1. The molecule has 0 bridgehead atoms. The van der Waals surface area contributed by atoms with E-state index in [4.69, 9.17) is 5.73 Å². The topological polar surface area (TPSA) is 26.0 Å². The standard InChI is InChI=1S/C16H16FN/c17-16-3-1-2-15(12-16)9-8-13-4-6-14(7-5-13)10-11-18/h1-9,12H,10-11,18H2/b9-8+. The first-order valence-electron chi connectivity index (χ1n) is 6.00. The largest absolute Gasteiger partial charge is 0.330 e. The van der Waals surface area contributed by atoms with Gasteiger partial charge in [-0.3, -0.25) is 0 Å². The van der Waals surface area contributed by atoms with Crippen LogP contribution in [0.1, 0.15) is 16.7 Å². The van der Waals surface area contributed by atoms with Crippen LogP contribution < -0.4 is 5.73 Å². The molecule has 0 aliphatic heterocycles. The summed E-state index contributed by atoms with van der Waals surface area (Å²) < 4.78 is 13.0. The van der Waals surface area contributed by atoms with Crippen molar-refractivity contribution in [2.75, 3.05) is 6.54 Å². The molecule has 2 aromatic carbocycles. The lowest BCUT2D eigenvalue weighted by molar-refractivity contribution is 0.627. The van der Waals surface area contributed by atoms with E-state index in [0.717, 1.165) is 17.5 Å². The van der Waals surface area contributed by atoms with Crippen LogP contribution in [-0.4, -0.2) is 6.54 Å². The molecule has 92 valence electrons. The molecule has 0 aliphatic rings. The highest BCUT2D eigenvalue weighted by atomic mass is 19.1. The van der Waals surface area contributed by atoms with Crippen molar-refractivity contribution in [1.29, 1.82) is 0 Å². The Kier molecular flexibility index (Phi) is 4.26. The first-order valence-corrected chi connectivity index (χ1v) is 6.00.